The van der Waals surface area contributed by atoms with Crippen LogP contribution in [0.25, 0.3) is 4.96 Å². The van der Waals surface area contributed by atoms with E-state index >= 15 is 0 Å². The highest BCUT2D eigenvalue weighted by Crippen LogP contribution is 2.22. The van der Waals surface area contributed by atoms with Gasteiger partial charge in [0.25, 0.3) is 5.56 Å². The minimum atomic E-state index is -0.131. The normalized spacial score (nSPS) is 12.5. The van der Waals surface area contributed by atoms with E-state index in [9.17, 15) is 4.79 Å². The van der Waals surface area contributed by atoms with E-state index in [4.69, 9.17) is 4.74 Å². The standard InChI is InChI=1S/C22H24N4O2S2/c1-15-11-21(27)26-22(23-15)30-20(24-26)14-25(16(2)12-19-5-4-10-29-19)13-17-6-8-18(28-3)9-7-17/h4-11,16H,12-14H2,1-3H3/t16-/m0/s1. The van der Waals surface area contributed by atoms with Crippen molar-refractivity contribution in [1.29, 1.82) is 0 Å². The Morgan fingerprint density at radius 1 is 1.20 bits per heavy atom. The van der Waals surface area contributed by atoms with Crippen molar-refractivity contribution in [3.8, 4) is 5.75 Å². The molecule has 0 aliphatic rings. The van der Waals surface area contributed by atoms with Gasteiger partial charge in [-0.3, -0.25) is 9.69 Å². The third-order valence-corrected chi connectivity index (χ3v) is 6.79. The minimum absolute atomic E-state index is 0.131. The molecule has 3 heterocycles. The lowest BCUT2D eigenvalue weighted by atomic mass is 10.1. The highest BCUT2D eigenvalue weighted by Gasteiger charge is 2.19. The van der Waals surface area contributed by atoms with Crippen LogP contribution in [0.15, 0.2) is 52.6 Å². The first-order valence-electron chi connectivity index (χ1n) is 9.77. The van der Waals surface area contributed by atoms with Gasteiger partial charge in [0.2, 0.25) is 4.96 Å². The molecule has 6 nitrogen and oxygen atoms in total. The van der Waals surface area contributed by atoms with Gasteiger partial charge in [-0.15, -0.1) is 11.3 Å². The highest BCUT2D eigenvalue weighted by molar-refractivity contribution is 7.16. The predicted octanol–water partition coefficient (Wildman–Crippen LogP) is 4.16. The molecule has 1 aromatic carbocycles. The monoisotopic (exact) mass is 440 g/mol. The van der Waals surface area contributed by atoms with Crippen LogP contribution < -0.4 is 10.3 Å². The average molecular weight is 441 g/mol. The van der Waals surface area contributed by atoms with Gasteiger partial charge in [0.05, 0.1) is 13.7 Å². The molecule has 0 unspecified atom stereocenters. The van der Waals surface area contributed by atoms with Crippen molar-refractivity contribution in [2.45, 2.75) is 39.4 Å². The number of thiophene rings is 1. The fourth-order valence-corrected chi connectivity index (χ4v) is 5.18. The number of rotatable bonds is 8. The van der Waals surface area contributed by atoms with E-state index in [1.807, 2.05) is 19.1 Å². The lowest BCUT2D eigenvalue weighted by molar-refractivity contribution is 0.189. The van der Waals surface area contributed by atoms with Crippen molar-refractivity contribution in [1.82, 2.24) is 19.5 Å². The molecule has 0 aliphatic heterocycles. The van der Waals surface area contributed by atoms with Crippen LogP contribution in [0.2, 0.25) is 0 Å². The number of nitrogens with zero attached hydrogens (tertiary/aromatic N) is 4. The largest absolute Gasteiger partial charge is 0.497 e. The molecule has 8 heteroatoms. The van der Waals surface area contributed by atoms with Crippen molar-refractivity contribution in [3.05, 3.63) is 79.3 Å². The van der Waals surface area contributed by atoms with Crippen LogP contribution in [-0.2, 0) is 19.5 Å². The van der Waals surface area contributed by atoms with Crippen LogP contribution in [0.4, 0.5) is 0 Å². The maximum absolute atomic E-state index is 12.2. The molecule has 4 aromatic rings. The molecule has 0 N–H and O–H groups in total. The molecule has 4 rings (SSSR count). The first kappa shape index (κ1) is 20.7. The molecule has 0 saturated heterocycles. The van der Waals surface area contributed by atoms with Crippen LogP contribution >= 0.6 is 22.7 Å². The summed E-state index contributed by atoms with van der Waals surface area (Å²) in [5, 5.41) is 7.54. The summed E-state index contributed by atoms with van der Waals surface area (Å²) in [5.74, 6) is 0.851. The van der Waals surface area contributed by atoms with Crippen molar-refractivity contribution in [2.75, 3.05) is 7.11 Å². The second kappa shape index (κ2) is 9.07. The van der Waals surface area contributed by atoms with E-state index in [2.05, 4.69) is 51.6 Å². The van der Waals surface area contributed by atoms with E-state index in [-0.39, 0.29) is 5.56 Å². The predicted molar refractivity (Wildman–Crippen MR) is 122 cm³/mol. The third-order valence-electron chi connectivity index (χ3n) is 5.00. The quantitative estimate of drug-likeness (QED) is 0.412. The molecule has 1 atom stereocenters. The Kier molecular flexibility index (Phi) is 6.26. The van der Waals surface area contributed by atoms with Crippen molar-refractivity contribution in [3.63, 3.8) is 0 Å². The van der Waals surface area contributed by atoms with Crippen LogP contribution in [0, 0.1) is 6.92 Å². The lowest BCUT2D eigenvalue weighted by Crippen LogP contribution is -2.33. The molecule has 30 heavy (non-hydrogen) atoms. The Balaban J connectivity index is 1.60. The topological polar surface area (TPSA) is 59.7 Å². The second-order valence-corrected chi connectivity index (χ2v) is 9.38. The van der Waals surface area contributed by atoms with Crippen molar-refractivity contribution >= 4 is 27.6 Å². The molecule has 0 aliphatic carbocycles. The van der Waals surface area contributed by atoms with Crippen molar-refractivity contribution in [2.24, 2.45) is 0 Å². The third kappa shape index (κ3) is 4.77. The van der Waals surface area contributed by atoms with E-state index in [0.29, 0.717) is 17.5 Å². The second-order valence-electron chi connectivity index (χ2n) is 7.31. The summed E-state index contributed by atoms with van der Waals surface area (Å²) < 4.78 is 6.69. The van der Waals surface area contributed by atoms with Gasteiger partial charge in [-0.2, -0.15) is 9.61 Å². The van der Waals surface area contributed by atoms with Gasteiger partial charge in [-0.1, -0.05) is 29.5 Å². The van der Waals surface area contributed by atoms with Crippen molar-refractivity contribution < 1.29 is 4.74 Å². The average Bonchev–Trinajstić information content (AvgIpc) is 3.37. The summed E-state index contributed by atoms with van der Waals surface area (Å²) in [4.78, 5) is 21.1. The Hall–Kier alpha value is -2.55. The van der Waals surface area contributed by atoms with Crippen LogP contribution in [0.1, 0.15) is 28.1 Å². The summed E-state index contributed by atoms with van der Waals surface area (Å²) in [6.45, 7) is 5.52. The summed E-state index contributed by atoms with van der Waals surface area (Å²) in [6.07, 6.45) is 0.968. The first-order valence-corrected chi connectivity index (χ1v) is 11.5. The van der Waals surface area contributed by atoms with E-state index in [1.54, 1.807) is 18.4 Å². The SMILES string of the molecule is COc1ccc(CN(Cc2nn3c(=O)cc(C)nc3s2)[C@@H](C)Cc2cccs2)cc1. The van der Waals surface area contributed by atoms with Gasteiger partial charge < -0.3 is 4.74 Å². The number of hydrogen-bond donors (Lipinski definition) is 0. The molecular formula is C22H24N4O2S2. The zero-order valence-corrected chi connectivity index (χ0v) is 18.9. The number of fused-ring (bicyclic) bond motifs is 1. The van der Waals surface area contributed by atoms with E-state index in [1.165, 1.54) is 32.4 Å². The molecule has 0 fully saturated rings. The Morgan fingerprint density at radius 2 is 2.00 bits per heavy atom. The highest BCUT2D eigenvalue weighted by atomic mass is 32.1. The summed E-state index contributed by atoms with van der Waals surface area (Å²) in [5.41, 5.74) is 1.80. The first-order chi connectivity index (χ1) is 14.5. The van der Waals surface area contributed by atoms with Crippen LogP contribution in [-0.4, -0.2) is 32.6 Å². The molecule has 0 bridgehead atoms. The smallest absolute Gasteiger partial charge is 0.275 e. The number of methoxy groups -OCH3 is 1. The Bertz CT molecular complexity index is 1170. The van der Waals surface area contributed by atoms with Crippen LogP contribution in [0.3, 0.4) is 0 Å². The molecule has 0 spiro atoms. The van der Waals surface area contributed by atoms with Gasteiger partial charge >= 0.3 is 0 Å². The van der Waals surface area contributed by atoms with Gasteiger partial charge in [0.1, 0.15) is 10.8 Å². The lowest BCUT2D eigenvalue weighted by Gasteiger charge is -2.28. The van der Waals surface area contributed by atoms with Gasteiger partial charge in [0, 0.05) is 29.2 Å². The van der Waals surface area contributed by atoms with Gasteiger partial charge in [-0.05, 0) is 49.4 Å². The van der Waals surface area contributed by atoms with Gasteiger partial charge in [-0.25, -0.2) is 4.98 Å². The molecule has 0 radical (unpaired) electrons. The number of hydrogen-bond acceptors (Lipinski definition) is 7. The fraction of sp³-hybridized carbons (Fsp3) is 0.318. The number of ether oxygens (including phenoxy) is 1. The molecule has 0 saturated carbocycles. The molecule has 156 valence electrons. The Labute approximate surface area is 183 Å². The van der Waals surface area contributed by atoms with E-state index < -0.39 is 0 Å². The fourth-order valence-electron chi connectivity index (χ4n) is 3.38. The zero-order chi connectivity index (χ0) is 21.1. The zero-order valence-electron chi connectivity index (χ0n) is 17.2. The maximum Gasteiger partial charge on any atom is 0.275 e. The van der Waals surface area contributed by atoms with Gasteiger partial charge in [0.15, 0.2) is 0 Å². The van der Waals surface area contributed by atoms with Crippen LogP contribution in [0.5, 0.6) is 5.75 Å². The van der Waals surface area contributed by atoms with E-state index in [0.717, 1.165) is 29.4 Å². The number of aryl methyl sites for hydroxylation is 1. The Morgan fingerprint density at radius 3 is 2.70 bits per heavy atom. The summed E-state index contributed by atoms with van der Waals surface area (Å²) in [6, 6.07) is 14.3. The maximum atomic E-state index is 12.2. The number of benzene rings is 1. The summed E-state index contributed by atoms with van der Waals surface area (Å²) in [7, 11) is 1.68. The molecular weight excluding hydrogens is 416 g/mol. The minimum Gasteiger partial charge on any atom is -0.497 e. The molecule has 0 amide bonds. The summed E-state index contributed by atoms with van der Waals surface area (Å²) >= 11 is 3.26. The number of aromatic nitrogens is 3. The molecule has 3 aromatic heterocycles.